The molecule has 0 atom stereocenters. The Balaban J connectivity index is 1.85. The molecule has 2 aliphatic rings. The molecule has 17 heavy (non-hydrogen) atoms. The number of nitrogens with one attached hydrogen (secondary N) is 1. The van der Waals surface area contributed by atoms with Gasteiger partial charge in [0.1, 0.15) is 0 Å². The molecule has 3 rings (SSSR count). The van der Waals surface area contributed by atoms with Crippen LogP contribution in [0.2, 0.25) is 0 Å². The summed E-state index contributed by atoms with van der Waals surface area (Å²) in [6.45, 7) is 3.58. The SMILES string of the molecule is CSc1ccc2c(c1)N(C1CCNCC1)CC2. The summed E-state index contributed by atoms with van der Waals surface area (Å²) in [5.41, 5.74) is 3.05. The van der Waals surface area contributed by atoms with Gasteiger partial charge in [0.15, 0.2) is 0 Å². The molecule has 0 radical (unpaired) electrons. The lowest BCUT2D eigenvalue weighted by atomic mass is 10.0. The smallest absolute Gasteiger partial charge is 0.0413 e. The third-order valence-electron chi connectivity index (χ3n) is 3.97. The zero-order valence-corrected chi connectivity index (χ0v) is 11.2. The Bertz CT molecular complexity index is 399. The van der Waals surface area contributed by atoms with Crippen molar-refractivity contribution >= 4 is 17.4 Å². The maximum atomic E-state index is 3.45. The predicted octanol–water partition coefficient (Wildman–Crippen LogP) is 2.52. The van der Waals surface area contributed by atoms with Crippen LogP contribution in [0.25, 0.3) is 0 Å². The van der Waals surface area contributed by atoms with Crippen molar-refractivity contribution in [3.8, 4) is 0 Å². The minimum absolute atomic E-state index is 0.759. The van der Waals surface area contributed by atoms with Crippen LogP contribution < -0.4 is 10.2 Å². The summed E-state index contributed by atoms with van der Waals surface area (Å²) in [5, 5.41) is 3.45. The van der Waals surface area contributed by atoms with E-state index in [0.29, 0.717) is 0 Å². The van der Waals surface area contributed by atoms with Crippen LogP contribution in [0.15, 0.2) is 23.1 Å². The fourth-order valence-electron chi connectivity index (χ4n) is 3.01. The van der Waals surface area contributed by atoms with Gasteiger partial charge in [-0.2, -0.15) is 0 Å². The quantitative estimate of drug-likeness (QED) is 0.810. The number of nitrogens with zero attached hydrogens (tertiary/aromatic N) is 1. The summed E-state index contributed by atoms with van der Waals surface area (Å²) in [7, 11) is 0. The van der Waals surface area contributed by atoms with Crippen molar-refractivity contribution in [2.75, 3.05) is 30.8 Å². The van der Waals surface area contributed by atoms with Gasteiger partial charge in [-0.15, -0.1) is 11.8 Å². The van der Waals surface area contributed by atoms with Crippen LogP contribution in [0.1, 0.15) is 18.4 Å². The summed E-state index contributed by atoms with van der Waals surface area (Å²) in [4.78, 5) is 4.04. The van der Waals surface area contributed by atoms with Crippen LogP contribution in [-0.4, -0.2) is 31.9 Å². The lowest BCUT2D eigenvalue weighted by Gasteiger charge is -2.33. The Hall–Kier alpha value is -0.670. The summed E-state index contributed by atoms with van der Waals surface area (Å²) < 4.78 is 0. The highest BCUT2D eigenvalue weighted by Gasteiger charge is 2.27. The Labute approximate surface area is 108 Å². The van der Waals surface area contributed by atoms with Crippen molar-refractivity contribution in [1.82, 2.24) is 5.32 Å². The minimum Gasteiger partial charge on any atom is -0.368 e. The van der Waals surface area contributed by atoms with Crippen molar-refractivity contribution in [3.63, 3.8) is 0 Å². The molecule has 0 amide bonds. The van der Waals surface area contributed by atoms with Crippen LogP contribution in [0.4, 0.5) is 5.69 Å². The number of hydrogen-bond acceptors (Lipinski definition) is 3. The molecule has 2 heterocycles. The second-order valence-electron chi connectivity index (χ2n) is 4.92. The second kappa shape index (κ2) is 4.91. The van der Waals surface area contributed by atoms with Crippen LogP contribution in [0.5, 0.6) is 0 Å². The van der Waals surface area contributed by atoms with E-state index in [-0.39, 0.29) is 0 Å². The van der Waals surface area contributed by atoms with Gasteiger partial charge >= 0.3 is 0 Å². The maximum absolute atomic E-state index is 3.45. The molecule has 0 aliphatic carbocycles. The van der Waals surface area contributed by atoms with E-state index in [1.54, 1.807) is 5.56 Å². The van der Waals surface area contributed by atoms with Gasteiger partial charge in [0, 0.05) is 23.2 Å². The molecule has 1 fully saturated rings. The number of thioether (sulfide) groups is 1. The van der Waals surface area contributed by atoms with Crippen molar-refractivity contribution in [1.29, 1.82) is 0 Å². The average Bonchev–Trinajstić information content (AvgIpc) is 2.82. The number of rotatable bonds is 2. The highest BCUT2D eigenvalue weighted by Crippen LogP contribution is 2.34. The lowest BCUT2D eigenvalue weighted by molar-refractivity contribution is 0.435. The first-order chi connectivity index (χ1) is 8.38. The average molecular weight is 248 g/mol. The van der Waals surface area contributed by atoms with E-state index in [0.717, 1.165) is 6.04 Å². The van der Waals surface area contributed by atoms with E-state index < -0.39 is 0 Å². The first-order valence-electron chi connectivity index (χ1n) is 6.53. The number of hydrogen-bond donors (Lipinski definition) is 1. The molecule has 1 aromatic rings. The van der Waals surface area contributed by atoms with E-state index in [1.165, 1.54) is 49.5 Å². The third kappa shape index (κ3) is 2.18. The molecule has 2 aliphatic heterocycles. The van der Waals surface area contributed by atoms with Gasteiger partial charge in [-0.25, -0.2) is 0 Å². The van der Waals surface area contributed by atoms with E-state index in [1.807, 2.05) is 11.8 Å². The molecular weight excluding hydrogens is 228 g/mol. The van der Waals surface area contributed by atoms with Gasteiger partial charge in [0.05, 0.1) is 0 Å². The molecule has 0 bridgehead atoms. The molecule has 1 saturated heterocycles. The standard InChI is InChI=1S/C14H20N2S/c1-17-13-3-2-11-6-9-16(14(11)10-13)12-4-7-15-8-5-12/h2-3,10,12,15H,4-9H2,1H3. The number of fused-ring (bicyclic) bond motifs is 1. The summed E-state index contributed by atoms with van der Waals surface area (Å²) in [5.74, 6) is 0. The molecule has 92 valence electrons. The van der Waals surface area contributed by atoms with Crippen molar-refractivity contribution < 1.29 is 0 Å². The topological polar surface area (TPSA) is 15.3 Å². The highest BCUT2D eigenvalue weighted by molar-refractivity contribution is 7.98. The minimum atomic E-state index is 0.759. The number of anilines is 1. The normalized spacial score (nSPS) is 20.6. The van der Waals surface area contributed by atoms with E-state index in [9.17, 15) is 0 Å². The van der Waals surface area contributed by atoms with E-state index >= 15 is 0 Å². The van der Waals surface area contributed by atoms with Crippen molar-refractivity contribution in [2.24, 2.45) is 0 Å². The molecule has 3 heteroatoms. The number of benzene rings is 1. The Morgan fingerprint density at radius 3 is 2.88 bits per heavy atom. The van der Waals surface area contributed by atoms with Gasteiger partial charge in [0.25, 0.3) is 0 Å². The van der Waals surface area contributed by atoms with Crippen LogP contribution in [0.3, 0.4) is 0 Å². The van der Waals surface area contributed by atoms with Gasteiger partial charge in [-0.3, -0.25) is 0 Å². The summed E-state index contributed by atoms with van der Waals surface area (Å²) in [6.07, 6.45) is 5.98. The Morgan fingerprint density at radius 2 is 2.12 bits per heavy atom. The fraction of sp³-hybridized carbons (Fsp3) is 0.571. The van der Waals surface area contributed by atoms with Crippen molar-refractivity contribution in [2.45, 2.75) is 30.2 Å². The molecule has 0 aromatic heterocycles. The summed E-state index contributed by atoms with van der Waals surface area (Å²) >= 11 is 1.84. The first kappa shape index (κ1) is 11.4. The Morgan fingerprint density at radius 1 is 1.29 bits per heavy atom. The van der Waals surface area contributed by atoms with Crippen LogP contribution in [0, 0.1) is 0 Å². The molecule has 0 unspecified atom stereocenters. The van der Waals surface area contributed by atoms with E-state index in [2.05, 4.69) is 34.7 Å². The van der Waals surface area contributed by atoms with Crippen LogP contribution in [-0.2, 0) is 6.42 Å². The van der Waals surface area contributed by atoms with Crippen LogP contribution >= 0.6 is 11.8 Å². The predicted molar refractivity (Wildman–Crippen MR) is 75.2 cm³/mol. The number of piperidine rings is 1. The van der Waals surface area contributed by atoms with Crippen molar-refractivity contribution in [3.05, 3.63) is 23.8 Å². The maximum Gasteiger partial charge on any atom is 0.0413 e. The fourth-order valence-corrected chi connectivity index (χ4v) is 3.44. The largest absolute Gasteiger partial charge is 0.368 e. The summed E-state index contributed by atoms with van der Waals surface area (Å²) in [6, 6.07) is 7.72. The third-order valence-corrected chi connectivity index (χ3v) is 4.70. The first-order valence-corrected chi connectivity index (χ1v) is 7.75. The van der Waals surface area contributed by atoms with E-state index in [4.69, 9.17) is 0 Å². The van der Waals surface area contributed by atoms with Gasteiger partial charge < -0.3 is 10.2 Å². The van der Waals surface area contributed by atoms with Gasteiger partial charge in [-0.1, -0.05) is 6.07 Å². The lowest BCUT2D eigenvalue weighted by Crippen LogP contribution is -2.42. The zero-order chi connectivity index (χ0) is 11.7. The molecule has 2 nitrogen and oxygen atoms in total. The van der Waals surface area contributed by atoms with Gasteiger partial charge in [-0.05, 0) is 56.3 Å². The second-order valence-corrected chi connectivity index (χ2v) is 5.80. The zero-order valence-electron chi connectivity index (χ0n) is 10.4. The molecule has 1 N–H and O–H groups in total. The molecular formula is C14H20N2S. The molecule has 0 saturated carbocycles. The molecule has 1 aromatic carbocycles. The molecule has 0 spiro atoms. The Kier molecular flexibility index (Phi) is 3.30. The highest BCUT2D eigenvalue weighted by atomic mass is 32.2. The van der Waals surface area contributed by atoms with Gasteiger partial charge in [0.2, 0.25) is 0 Å². The monoisotopic (exact) mass is 248 g/mol.